The summed E-state index contributed by atoms with van der Waals surface area (Å²) in [5, 5.41) is 0. The molecule has 4 nitrogen and oxygen atoms in total. The average Bonchev–Trinajstić information content (AvgIpc) is 2.85. The molecular weight excluding hydrogens is 154 g/mol. The van der Waals surface area contributed by atoms with Gasteiger partial charge in [0.05, 0.1) is 6.04 Å². The van der Waals surface area contributed by atoms with Crippen LogP contribution in [-0.2, 0) is 4.79 Å². The van der Waals surface area contributed by atoms with Crippen LogP contribution in [0.5, 0.6) is 0 Å². The van der Waals surface area contributed by atoms with Gasteiger partial charge in [-0.05, 0) is 32.7 Å². The van der Waals surface area contributed by atoms with Gasteiger partial charge in [-0.25, -0.2) is 5.84 Å². The van der Waals surface area contributed by atoms with Crippen LogP contribution in [0.1, 0.15) is 19.8 Å². The van der Waals surface area contributed by atoms with Crippen LogP contribution in [0.25, 0.3) is 0 Å². The molecule has 1 amide bonds. The molecule has 1 atom stereocenters. The summed E-state index contributed by atoms with van der Waals surface area (Å²) in [5.74, 6) is 5.73. The summed E-state index contributed by atoms with van der Waals surface area (Å²) in [4.78, 5) is 13.1. The van der Waals surface area contributed by atoms with E-state index >= 15 is 0 Å². The highest BCUT2D eigenvalue weighted by Crippen LogP contribution is 2.29. The van der Waals surface area contributed by atoms with Gasteiger partial charge in [0.2, 0.25) is 0 Å². The van der Waals surface area contributed by atoms with Crippen molar-refractivity contribution in [3.63, 3.8) is 0 Å². The topological polar surface area (TPSA) is 58.4 Å². The molecule has 0 saturated heterocycles. The van der Waals surface area contributed by atoms with Crippen molar-refractivity contribution in [3.05, 3.63) is 0 Å². The Morgan fingerprint density at radius 3 is 2.75 bits per heavy atom. The van der Waals surface area contributed by atoms with E-state index in [1.807, 2.05) is 18.9 Å². The second kappa shape index (κ2) is 3.87. The number of carbonyl (C=O) groups excluding carboxylic acids is 1. The molecule has 0 spiro atoms. The molecule has 0 bridgehead atoms. The Labute approximate surface area is 73.1 Å². The van der Waals surface area contributed by atoms with Gasteiger partial charge in [0, 0.05) is 6.54 Å². The van der Waals surface area contributed by atoms with E-state index < -0.39 is 0 Å². The zero-order chi connectivity index (χ0) is 9.14. The number of rotatable bonds is 4. The quantitative estimate of drug-likeness (QED) is 0.347. The van der Waals surface area contributed by atoms with Gasteiger partial charge in [-0.1, -0.05) is 0 Å². The lowest BCUT2D eigenvalue weighted by molar-refractivity contribution is -0.125. The lowest BCUT2D eigenvalue weighted by atomic mass is 10.2. The molecule has 1 aliphatic carbocycles. The SMILES string of the molecule is CC(C(=O)NN)N(C)CC1CC1. The monoisotopic (exact) mass is 171 g/mol. The maximum atomic E-state index is 11.1. The molecule has 70 valence electrons. The van der Waals surface area contributed by atoms with Gasteiger partial charge in [0.1, 0.15) is 0 Å². The zero-order valence-corrected chi connectivity index (χ0v) is 7.71. The molecule has 0 aromatic heterocycles. The van der Waals surface area contributed by atoms with E-state index in [4.69, 9.17) is 5.84 Å². The van der Waals surface area contributed by atoms with Crippen LogP contribution in [0.15, 0.2) is 0 Å². The number of nitrogens with two attached hydrogens (primary N) is 1. The number of likely N-dealkylation sites (N-methyl/N-ethyl adjacent to an activating group) is 1. The van der Waals surface area contributed by atoms with E-state index in [9.17, 15) is 4.79 Å². The van der Waals surface area contributed by atoms with Crippen LogP contribution in [0.3, 0.4) is 0 Å². The highest BCUT2D eigenvalue weighted by Gasteiger charge is 2.26. The van der Waals surface area contributed by atoms with Gasteiger partial charge in [-0.15, -0.1) is 0 Å². The van der Waals surface area contributed by atoms with Gasteiger partial charge in [0.25, 0.3) is 5.91 Å². The third-order valence-corrected chi connectivity index (χ3v) is 2.43. The summed E-state index contributed by atoms with van der Waals surface area (Å²) in [5.41, 5.74) is 2.16. The molecule has 0 aliphatic heterocycles. The predicted molar refractivity (Wildman–Crippen MR) is 47.1 cm³/mol. The molecule has 0 heterocycles. The van der Waals surface area contributed by atoms with Crippen LogP contribution < -0.4 is 11.3 Å². The number of hydrazine groups is 1. The largest absolute Gasteiger partial charge is 0.295 e. The predicted octanol–water partition coefficient (Wildman–Crippen LogP) is -0.293. The Bertz CT molecular complexity index is 168. The van der Waals surface area contributed by atoms with Crippen LogP contribution in [0.2, 0.25) is 0 Å². The van der Waals surface area contributed by atoms with Crippen LogP contribution in [0, 0.1) is 5.92 Å². The Kier molecular flexibility index (Phi) is 3.05. The van der Waals surface area contributed by atoms with Crippen molar-refractivity contribution >= 4 is 5.91 Å². The average molecular weight is 171 g/mol. The van der Waals surface area contributed by atoms with Crippen molar-refractivity contribution in [1.29, 1.82) is 0 Å². The highest BCUT2D eigenvalue weighted by atomic mass is 16.2. The molecule has 1 aliphatic rings. The van der Waals surface area contributed by atoms with Crippen LogP contribution >= 0.6 is 0 Å². The number of carbonyl (C=O) groups is 1. The van der Waals surface area contributed by atoms with E-state index in [0.717, 1.165) is 12.5 Å². The smallest absolute Gasteiger partial charge is 0.250 e. The number of hydrogen-bond donors (Lipinski definition) is 2. The number of nitrogens with one attached hydrogen (secondary N) is 1. The Morgan fingerprint density at radius 1 is 1.75 bits per heavy atom. The minimum absolute atomic E-state index is 0.113. The molecule has 1 saturated carbocycles. The van der Waals surface area contributed by atoms with Crippen molar-refractivity contribution in [3.8, 4) is 0 Å². The van der Waals surface area contributed by atoms with E-state index in [0.29, 0.717) is 0 Å². The van der Waals surface area contributed by atoms with Gasteiger partial charge in [0.15, 0.2) is 0 Å². The van der Waals surface area contributed by atoms with E-state index in [2.05, 4.69) is 5.43 Å². The third kappa shape index (κ3) is 2.46. The van der Waals surface area contributed by atoms with Crippen molar-refractivity contribution in [2.45, 2.75) is 25.8 Å². The van der Waals surface area contributed by atoms with Gasteiger partial charge in [-0.2, -0.15) is 0 Å². The first-order chi connectivity index (χ1) is 5.65. The van der Waals surface area contributed by atoms with Gasteiger partial charge < -0.3 is 0 Å². The molecule has 1 fully saturated rings. The van der Waals surface area contributed by atoms with Crippen molar-refractivity contribution in [1.82, 2.24) is 10.3 Å². The summed E-state index contributed by atoms with van der Waals surface area (Å²) < 4.78 is 0. The summed E-state index contributed by atoms with van der Waals surface area (Å²) in [6.45, 7) is 2.87. The second-order valence-electron chi connectivity index (χ2n) is 3.57. The summed E-state index contributed by atoms with van der Waals surface area (Å²) in [6, 6.07) is -0.115. The maximum absolute atomic E-state index is 11.1. The summed E-state index contributed by atoms with van der Waals surface area (Å²) in [7, 11) is 1.96. The lowest BCUT2D eigenvalue weighted by Crippen LogP contribution is -2.46. The molecule has 0 aromatic carbocycles. The van der Waals surface area contributed by atoms with E-state index in [1.54, 1.807) is 0 Å². The molecule has 0 radical (unpaired) electrons. The fraction of sp³-hybridized carbons (Fsp3) is 0.875. The molecule has 1 rings (SSSR count). The molecule has 3 N–H and O–H groups in total. The standard InChI is InChI=1S/C8H17N3O/c1-6(8(12)10-9)11(2)5-7-3-4-7/h6-7H,3-5,9H2,1-2H3,(H,10,12). The first kappa shape index (κ1) is 9.48. The Hall–Kier alpha value is -0.610. The van der Waals surface area contributed by atoms with Gasteiger partial charge >= 0.3 is 0 Å². The molecule has 0 aromatic rings. The maximum Gasteiger partial charge on any atom is 0.250 e. The summed E-state index contributed by atoms with van der Waals surface area (Å²) >= 11 is 0. The lowest BCUT2D eigenvalue weighted by Gasteiger charge is -2.22. The Balaban J connectivity index is 2.28. The van der Waals surface area contributed by atoms with Gasteiger partial charge in [-0.3, -0.25) is 15.1 Å². The number of amides is 1. The molecule has 4 heteroatoms. The molecule has 1 unspecified atom stereocenters. The summed E-state index contributed by atoms with van der Waals surface area (Å²) in [6.07, 6.45) is 2.61. The van der Waals surface area contributed by atoms with E-state index in [-0.39, 0.29) is 11.9 Å². The van der Waals surface area contributed by atoms with Crippen LogP contribution in [-0.4, -0.2) is 30.4 Å². The normalized spacial score (nSPS) is 19.3. The van der Waals surface area contributed by atoms with E-state index in [1.165, 1.54) is 12.8 Å². The molecular formula is C8H17N3O. The first-order valence-corrected chi connectivity index (χ1v) is 4.36. The first-order valence-electron chi connectivity index (χ1n) is 4.36. The fourth-order valence-electron chi connectivity index (χ4n) is 1.19. The second-order valence-corrected chi connectivity index (χ2v) is 3.57. The van der Waals surface area contributed by atoms with Crippen molar-refractivity contribution in [2.24, 2.45) is 11.8 Å². The zero-order valence-electron chi connectivity index (χ0n) is 7.71. The minimum atomic E-state index is -0.115. The van der Waals surface area contributed by atoms with Crippen molar-refractivity contribution < 1.29 is 4.79 Å². The highest BCUT2D eigenvalue weighted by molar-refractivity contribution is 5.80. The van der Waals surface area contributed by atoms with Crippen LogP contribution in [0.4, 0.5) is 0 Å². The third-order valence-electron chi connectivity index (χ3n) is 2.43. The minimum Gasteiger partial charge on any atom is -0.295 e. The Morgan fingerprint density at radius 2 is 2.33 bits per heavy atom. The molecule has 12 heavy (non-hydrogen) atoms. The van der Waals surface area contributed by atoms with Crippen molar-refractivity contribution in [2.75, 3.05) is 13.6 Å². The number of hydrogen-bond acceptors (Lipinski definition) is 3. The number of nitrogens with zero attached hydrogens (tertiary/aromatic N) is 1. The fourth-order valence-corrected chi connectivity index (χ4v) is 1.19.